The van der Waals surface area contributed by atoms with Crippen molar-refractivity contribution in [2.75, 3.05) is 13.2 Å². The van der Waals surface area contributed by atoms with Gasteiger partial charge in [0.2, 0.25) is 0 Å². The summed E-state index contributed by atoms with van der Waals surface area (Å²) in [6.45, 7) is 7.58. The third-order valence-corrected chi connectivity index (χ3v) is 3.93. The minimum atomic E-state index is -0.0220. The molecule has 0 aromatic rings. The highest BCUT2D eigenvalue weighted by Crippen LogP contribution is 2.62. The summed E-state index contributed by atoms with van der Waals surface area (Å²) >= 11 is 0. The smallest absolute Gasteiger partial charge is 0.158 e. The Balaban J connectivity index is 1.85. The zero-order valence-electron chi connectivity index (χ0n) is 9.79. The molecule has 1 aliphatic heterocycles. The summed E-state index contributed by atoms with van der Waals surface area (Å²) in [5.74, 6) is 1.41. The summed E-state index contributed by atoms with van der Waals surface area (Å²) < 4.78 is 10.9. The van der Waals surface area contributed by atoms with Gasteiger partial charge in [0.15, 0.2) is 6.29 Å². The van der Waals surface area contributed by atoms with E-state index in [1.807, 2.05) is 0 Å². The van der Waals surface area contributed by atoms with E-state index in [-0.39, 0.29) is 6.29 Å². The Morgan fingerprint density at radius 1 is 1.27 bits per heavy atom. The fourth-order valence-corrected chi connectivity index (χ4v) is 2.79. The van der Waals surface area contributed by atoms with Crippen LogP contribution < -0.4 is 0 Å². The lowest BCUT2D eigenvalue weighted by molar-refractivity contribution is -0.117. The van der Waals surface area contributed by atoms with E-state index in [0.717, 1.165) is 19.6 Å². The Morgan fingerprint density at radius 3 is 2.40 bits per heavy atom. The van der Waals surface area contributed by atoms with Crippen LogP contribution in [0.4, 0.5) is 0 Å². The number of ketones is 1. The van der Waals surface area contributed by atoms with E-state index in [4.69, 9.17) is 9.47 Å². The molecule has 2 fully saturated rings. The minimum Gasteiger partial charge on any atom is -0.350 e. The molecule has 0 bridgehead atoms. The summed E-state index contributed by atoms with van der Waals surface area (Å²) in [5.41, 5.74) is 0.293. The molecule has 86 valence electrons. The second-order valence-electron chi connectivity index (χ2n) is 5.35. The van der Waals surface area contributed by atoms with Gasteiger partial charge in [-0.3, -0.25) is 0 Å². The molecule has 0 amide bonds. The van der Waals surface area contributed by atoms with Crippen molar-refractivity contribution < 1.29 is 14.3 Å². The molecule has 3 heteroatoms. The van der Waals surface area contributed by atoms with Crippen LogP contribution in [0.15, 0.2) is 0 Å². The first-order chi connectivity index (χ1) is 7.01. The number of hydrogen-bond donors (Lipinski definition) is 0. The summed E-state index contributed by atoms with van der Waals surface area (Å²) in [4.78, 5) is 11.1. The van der Waals surface area contributed by atoms with E-state index in [1.165, 1.54) is 0 Å². The maximum absolute atomic E-state index is 11.1. The lowest BCUT2D eigenvalue weighted by Gasteiger charge is -2.09. The summed E-state index contributed by atoms with van der Waals surface area (Å²) in [6, 6.07) is 0. The van der Waals surface area contributed by atoms with Crippen LogP contribution in [-0.2, 0) is 14.3 Å². The average Bonchev–Trinajstić information content (AvgIpc) is 2.58. The number of hydrogen-bond acceptors (Lipinski definition) is 3. The van der Waals surface area contributed by atoms with E-state index in [1.54, 1.807) is 6.92 Å². The van der Waals surface area contributed by atoms with Gasteiger partial charge in [0.05, 0.1) is 13.2 Å². The normalized spacial score (nSPS) is 34.3. The van der Waals surface area contributed by atoms with E-state index in [2.05, 4.69) is 13.8 Å². The van der Waals surface area contributed by atoms with E-state index < -0.39 is 0 Å². The highest BCUT2D eigenvalue weighted by molar-refractivity contribution is 5.76. The van der Waals surface area contributed by atoms with Gasteiger partial charge in [-0.2, -0.15) is 0 Å². The lowest BCUT2D eigenvalue weighted by atomic mass is 10.1. The molecule has 1 saturated heterocycles. The van der Waals surface area contributed by atoms with Crippen molar-refractivity contribution in [1.29, 1.82) is 0 Å². The molecule has 3 nitrogen and oxygen atoms in total. The summed E-state index contributed by atoms with van der Waals surface area (Å²) in [5, 5.41) is 0. The van der Waals surface area contributed by atoms with E-state index in [9.17, 15) is 4.79 Å². The van der Waals surface area contributed by atoms with Crippen molar-refractivity contribution in [1.82, 2.24) is 0 Å². The summed E-state index contributed by atoms with van der Waals surface area (Å²) in [6.07, 6.45) is 1.64. The molecule has 15 heavy (non-hydrogen) atoms. The van der Waals surface area contributed by atoms with Crippen molar-refractivity contribution in [2.45, 2.75) is 39.9 Å². The van der Waals surface area contributed by atoms with Crippen molar-refractivity contribution in [2.24, 2.45) is 17.3 Å². The second-order valence-corrected chi connectivity index (χ2v) is 5.35. The molecular weight excluding hydrogens is 192 g/mol. The number of Topliss-reactive ketones (excluding diaryl/α,β-unsaturated/α-hetero) is 1. The first-order valence-corrected chi connectivity index (χ1v) is 5.74. The second kappa shape index (κ2) is 3.87. The highest BCUT2D eigenvalue weighted by atomic mass is 16.7. The molecule has 0 radical (unpaired) electrons. The maximum Gasteiger partial charge on any atom is 0.158 e. The Morgan fingerprint density at radius 2 is 1.87 bits per heavy atom. The van der Waals surface area contributed by atoms with Crippen LogP contribution in [-0.4, -0.2) is 25.3 Å². The monoisotopic (exact) mass is 212 g/mol. The maximum atomic E-state index is 11.1. The highest BCUT2D eigenvalue weighted by Gasteiger charge is 2.58. The standard InChI is InChI=1S/C12H20O3/c1-8(13)6-9-10(12(9,2)3)7-11-14-4-5-15-11/h9-11H,4-7H2,1-3H3/t9-,10+/m0/s1. The molecule has 0 spiro atoms. The molecule has 2 rings (SSSR count). The minimum absolute atomic E-state index is 0.0220. The van der Waals surface area contributed by atoms with Gasteiger partial charge in [-0.1, -0.05) is 13.8 Å². The Labute approximate surface area is 91.1 Å². The third kappa shape index (κ3) is 2.23. The fourth-order valence-electron chi connectivity index (χ4n) is 2.79. The Kier molecular flexibility index (Phi) is 2.86. The number of ether oxygens (including phenoxy) is 2. The average molecular weight is 212 g/mol. The van der Waals surface area contributed by atoms with Crippen LogP contribution >= 0.6 is 0 Å². The molecule has 0 unspecified atom stereocenters. The van der Waals surface area contributed by atoms with Crippen LogP contribution in [0.25, 0.3) is 0 Å². The molecule has 2 aliphatic rings. The molecule has 0 aromatic carbocycles. The van der Waals surface area contributed by atoms with Crippen LogP contribution in [0.3, 0.4) is 0 Å². The van der Waals surface area contributed by atoms with Crippen molar-refractivity contribution in [3.8, 4) is 0 Å². The van der Waals surface area contributed by atoms with Crippen molar-refractivity contribution >= 4 is 5.78 Å². The fraction of sp³-hybridized carbons (Fsp3) is 0.917. The van der Waals surface area contributed by atoms with Gasteiger partial charge < -0.3 is 14.3 Å². The third-order valence-electron chi connectivity index (χ3n) is 3.93. The zero-order chi connectivity index (χ0) is 11.1. The topological polar surface area (TPSA) is 35.5 Å². The van der Waals surface area contributed by atoms with Gasteiger partial charge in [0, 0.05) is 12.8 Å². The van der Waals surface area contributed by atoms with Gasteiger partial charge in [-0.05, 0) is 24.2 Å². The van der Waals surface area contributed by atoms with Crippen molar-refractivity contribution in [3.05, 3.63) is 0 Å². The Bertz CT molecular complexity index is 254. The first-order valence-electron chi connectivity index (χ1n) is 5.74. The molecule has 1 saturated carbocycles. The molecule has 0 N–H and O–H groups in total. The SMILES string of the molecule is CC(=O)C[C@H]1[C@@H](CC2OCCO2)C1(C)C. The van der Waals surface area contributed by atoms with Crippen LogP contribution in [0.2, 0.25) is 0 Å². The quantitative estimate of drug-likeness (QED) is 0.715. The van der Waals surface area contributed by atoms with Crippen LogP contribution in [0.1, 0.15) is 33.6 Å². The largest absolute Gasteiger partial charge is 0.350 e. The van der Waals surface area contributed by atoms with Gasteiger partial charge >= 0.3 is 0 Å². The zero-order valence-corrected chi connectivity index (χ0v) is 9.79. The molecule has 2 atom stereocenters. The number of rotatable bonds is 4. The predicted octanol–water partition coefficient (Wildman–Crippen LogP) is 2.00. The summed E-state index contributed by atoms with van der Waals surface area (Å²) in [7, 11) is 0. The van der Waals surface area contributed by atoms with Crippen LogP contribution in [0, 0.1) is 17.3 Å². The van der Waals surface area contributed by atoms with E-state index >= 15 is 0 Å². The van der Waals surface area contributed by atoms with Gasteiger partial charge in [0.1, 0.15) is 5.78 Å². The Hall–Kier alpha value is -0.410. The van der Waals surface area contributed by atoms with Gasteiger partial charge in [0.25, 0.3) is 0 Å². The van der Waals surface area contributed by atoms with E-state index in [0.29, 0.717) is 29.5 Å². The first kappa shape index (κ1) is 11.1. The van der Waals surface area contributed by atoms with Gasteiger partial charge in [-0.15, -0.1) is 0 Å². The van der Waals surface area contributed by atoms with Crippen molar-refractivity contribution in [3.63, 3.8) is 0 Å². The van der Waals surface area contributed by atoms with Gasteiger partial charge in [-0.25, -0.2) is 0 Å². The molecule has 1 heterocycles. The number of carbonyl (C=O) groups is 1. The molecule has 0 aromatic heterocycles. The van der Waals surface area contributed by atoms with Crippen LogP contribution in [0.5, 0.6) is 0 Å². The molecule has 1 aliphatic carbocycles. The number of carbonyl (C=O) groups excluding carboxylic acids is 1. The molecular formula is C12H20O3. The predicted molar refractivity (Wildman–Crippen MR) is 56.4 cm³/mol. The lowest BCUT2D eigenvalue weighted by Crippen LogP contribution is -2.10.